The van der Waals surface area contributed by atoms with E-state index in [-0.39, 0.29) is 11.5 Å². The fourth-order valence-electron chi connectivity index (χ4n) is 1.81. The van der Waals surface area contributed by atoms with Crippen LogP contribution in [0.2, 0.25) is 0 Å². The molecular formula is C14H15FN4O3. The third-order valence-electron chi connectivity index (χ3n) is 3.16. The summed E-state index contributed by atoms with van der Waals surface area (Å²) in [6.45, 7) is 3.35. The molecule has 1 aromatic carbocycles. The molecule has 1 aromatic heterocycles. The van der Waals surface area contributed by atoms with Gasteiger partial charge in [-0.15, -0.1) is 5.10 Å². The van der Waals surface area contributed by atoms with Crippen LogP contribution in [0.4, 0.5) is 4.39 Å². The van der Waals surface area contributed by atoms with E-state index in [1.807, 2.05) is 0 Å². The Morgan fingerprint density at radius 2 is 2.00 bits per heavy atom. The third kappa shape index (κ3) is 3.46. The smallest absolute Gasteiger partial charge is 0.325 e. The zero-order valence-electron chi connectivity index (χ0n) is 12.1. The van der Waals surface area contributed by atoms with Crippen LogP contribution in [0.5, 0.6) is 0 Å². The van der Waals surface area contributed by atoms with Crippen molar-refractivity contribution in [3.05, 3.63) is 47.0 Å². The summed E-state index contributed by atoms with van der Waals surface area (Å²) in [4.78, 5) is 22.7. The summed E-state index contributed by atoms with van der Waals surface area (Å²) in [7, 11) is 0. The van der Waals surface area contributed by atoms with E-state index in [2.05, 4.69) is 15.6 Å². The first kappa shape index (κ1) is 15.6. The molecular weight excluding hydrogens is 291 g/mol. The largest absolute Gasteiger partial charge is 0.480 e. The highest BCUT2D eigenvalue weighted by molar-refractivity contribution is 5.95. The van der Waals surface area contributed by atoms with Gasteiger partial charge in [-0.1, -0.05) is 17.3 Å². The van der Waals surface area contributed by atoms with Crippen LogP contribution in [0.1, 0.15) is 28.7 Å². The second-order valence-corrected chi connectivity index (χ2v) is 4.84. The topological polar surface area (TPSA) is 97.1 Å². The summed E-state index contributed by atoms with van der Waals surface area (Å²) in [5, 5.41) is 18.7. The monoisotopic (exact) mass is 306 g/mol. The lowest BCUT2D eigenvalue weighted by atomic mass is 10.2. The number of carboxylic acid groups (broad SMARTS) is 1. The minimum Gasteiger partial charge on any atom is -0.480 e. The lowest BCUT2D eigenvalue weighted by molar-refractivity contribution is -0.138. The molecule has 116 valence electrons. The minimum atomic E-state index is -1.13. The van der Waals surface area contributed by atoms with Gasteiger partial charge in [-0.3, -0.25) is 9.59 Å². The molecule has 8 heteroatoms. The molecule has 0 unspecified atom stereocenters. The second-order valence-electron chi connectivity index (χ2n) is 4.84. The summed E-state index contributed by atoms with van der Waals surface area (Å²) >= 11 is 0. The van der Waals surface area contributed by atoms with Gasteiger partial charge in [-0.25, -0.2) is 9.07 Å². The van der Waals surface area contributed by atoms with Crippen molar-refractivity contribution in [2.24, 2.45) is 0 Å². The van der Waals surface area contributed by atoms with E-state index in [0.29, 0.717) is 12.2 Å². The Balaban J connectivity index is 2.13. The molecule has 0 saturated heterocycles. The van der Waals surface area contributed by atoms with Crippen LogP contribution in [0.15, 0.2) is 24.3 Å². The Labute approximate surface area is 125 Å². The fraction of sp³-hybridized carbons (Fsp3) is 0.286. The molecule has 2 rings (SSSR count). The van der Waals surface area contributed by atoms with E-state index in [1.165, 1.54) is 23.7 Å². The first-order valence-corrected chi connectivity index (χ1v) is 6.56. The standard InChI is InChI=1S/C14H15FN4O3/c1-8(14(21)22)16-13(20)12-9(2)19(18-17-12)7-10-3-5-11(15)6-4-10/h3-6,8H,7H2,1-2H3,(H,16,20)(H,21,22)/t8-/m1/s1. The first-order valence-electron chi connectivity index (χ1n) is 6.56. The van der Waals surface area contributed by atoms with E-state index in [0.717, 1.165) is 5.56 Å². The molecule has 0 aliphatic carbocycles. The maximum absolute atomic E-state index is 12.9. The van der Waals surface area contributed by atoms with Gasteiger partial charge >= 0.3 is 5.97 Å². The molecule has 0 spiro atoms. The van der Waals surface area contributed by atoms with Crippen molar-refractivity contribution in [1.82, 2.24) is 20.3 Å². The maximum atomic E-state index is 12.9. The van der Waals surface area contributed by atoms with Crippen LogP contribution in [0.25, 0.3) is 0 Å². The Hall–Kier alpha value is -2.77. The number of carbonyl (C=O) groups is 2. The molecule has 1 heterocycles. The van der Waals surface area contributed by atoms with E-state index in [4.69, 9.17) is 5.11 Å². The van der Waals surface area contributed by atoms with Gasteiger partial charge in [0, 0.05) is 0 Å². The molecule has 0 radical (unpaired) electrons. The fourth-order valence-corrected chi connectivity index (χ4v) is 1.81. The predicted molar refractivity (Wildman–Crippen MR) is 74.8 cm³/mol. The van der Waals surface area contributed by atoms with Crippen molar-refractivity contribution in [3.8, 4) is 0 Å². The third-order valence-corrected chi connectivity index (χ3v) is 3.16. The Kier molecular flexibility index (Phi) is 4.50. The van der Waals surface area contributed by atoms with Crippen molar-refractivity contribution in [2.45, 2.75) is 26.4 Å². The number of benzene rings is 1. The number of hydrogen-bond donors (Lipinski definition) is 2. The molecule has 0 bridgehead atoms. The number of aliphatic carboxylic acids is 1. The SMILES string of the molecule is Cc1c(C(=O)N[C@H](C)C(=O)O)nnn1Cc1ccc(F)cc1. The number of nitrogens with zero attached hydrogens (tertiary/aromatic N) is 3. The average Bonchev–Trinajstić information content (AvgIpc) is 2.82. The van der Waals surface area contributed by atoms with E-state index < -0.39 is 17.9 Å². The highest BCUT2D eigenvalue weighted by atomic mass is 19.1. The molecule has 22 heavy (non-hydrogen) atoms. The van der Waals surface area contributed by atoms with Gasteiger partial charge in [-0.05, 0) is 31.5 Å². The quantitative estimate of drug-likeness (QED) is 0.858. The zero-order chi connectivity index (χ0) is 16.3. The molecule has 1 atom stereocenters. The van der Waals surface area contributed by atoms with Crippen molar-refractivity contribution >= 4 is 11.9 Å². The molecule has 2 N–H and O–H groups in total. The van der Waals surface area contributed by atoms with Crippen molar-refractivity contribution in [3.63, 3.8) is 0 Å². The van der Waals surface area contributed by atoms with Crippen LogP contribution < -0.4 is 5.32 Å². The summed E-state index contributed by atoms with van der Waals surface area (Å²) < 4.78 is 14.4. The normalized spacial score (nSPS) is 12.0. The molecule has 7 nitrogen and oxygen atoms in total. The van der Waals surface area contributed by atoms with Gasteiger partial charge in [-0.2, -0.15) is 0 Å². The van der Waals surface area contributed by atoms with E-state index in [1.54, 1.807) is 19.1 Å². The number of halogens is 1. The number of rotatable bonds is 5. The Morgan fingerprint density at radius 3 is 2.59 bits per heavy atom. The van der Waals surface area contributed by atoms with E-state index in [9.17, 15) is 14.0 Å². The maximum Gasteiger partial charge on any atom is 0.325 e. The van der Waals surface area contributed by atoms with Gasteiger partial charge in [0.25, 0.3) is 5.91 Å². The number of nitrogens with one attached hydrogen (secondary N) is 1. The van der Waals surface area contributed by atoms with Crippen LogP contribution in [-0.4, -0.2) is 38.0 Å². The van der Waals surface area contributed by atoms with Crippen LogP contribution in [0.3, 0.4) is 0 Å². The number of carbonyl (C=O) groups excluding carboxylic acids is 1. The second kappa shape index (κ2) is 6.33. The first-order chi connectivity index (χ1) is 10.4. The molecule has 2 aromatic rings. The van der Waals surface area contributed by atoms with Gasteiger partial charge in [0.2, 0.25) is 0 Å². The molecule has 0 aliphatic heterocycles. The minimum absolute atomic E-state index is 0.0650. The van der Waals surface area contributed by atoms with Crippen molar-refractivity contribution in [2.75, 3.05) is 0 Å². The van der Waals surface area contributed by atoms with Crippen LogP contribution in [0, 0.1) is 12.7 Å². The summed E-state index contributed by atoms with van der Waals surface area (Å²) in [5.41, 5.74) is 1.37. The molecule has 0 aliphatic rings. The van der Waals surface area contributed by atoms with Gasteiger partial charge in [0.05, 0.1) is 12.2 Å². The summed E-state index contributed by atoms with van der Waals surface area (Å²) in [5.74, 6) is -2.07. The van der Waals surface area contributed by atoms with Gasteiger partial charge in [0.15, 0.2) is 5.69 Å². The van der Waals surface area contributed by atoms with Crippen LogP contribution in [-0.2, 0) is 11.3 Å². The Morgan fingerprint density at radius 1 is 1.36 bits per heavy atom. The molecule has 1 amide bonds. The lowest BCUT2D eigenvalue weighted by Gasteiger charge is -2.08. The van der Waals surface area contributed by atoms with E-state index >= 15 is 0 Å². The summed E-state index contributed by atoms with van der Waals surface area (Å²) in [6, 6.07) is 4.88. The molecule has 0 fully saturated rings. The zero-order valence-corrected chi connectivity index (χ0v) is 12.1. The highest BCUT2D eigenvalue weighted by Crippen LogP contribution is 2.09. The van der Waals surface area contributed by atoms with Gasteiger partial charge in [0.1, 0.15) is 11.9 Å². The summed E-state index contributed by atoms with van der Waals surface area (Å²) in [6.07, 6.45) is 0. The lowest BCUT2D eigenvalue weighted by Crippen LogP contribution is -2.38. The van der Waals surface area contributed by atoms with Gasteiger partial charge < -0.3 is 10.4 Å². The number of aromatic nitrogens is 3. The van der Waals surface area contributed by atoms with Crippen LogP contribution >= 0.6 is 0 Å². The Bertz CT molecular complexity index is 697. The number of carboxylic acids is 1. The molecule has 0 saturated carbocycles. The van der Waals surface area contributed by atoms with Crippen molar-refractivity contribution < 1.29 is 19.1 Å². The number of amides is 1. The predicted octanol–water partition coefficient (Wildman–Crippen LogP) is 0.977. The van der Waals surface area contributed by atoms with Crippen molar-refractivity contribution in [1.29, 1.82) is 0 Å². The highest BCUT2D eigenvalue weighted by Gasteiger charge is 2.20. The number of hydrogen-bond acceptors (Lipinski definition) is 4. The average molecular weight is 306 g/mol.